The molecule has 0 spiro atoms. The van der Waals surface area contributed by atoms with Crippen LogP contribution in [0.3, 0.4) is 0 Å². The van der Waals surface area contributed by atoms with Crippen molar-refractivity contribution < 1.29 is 0 Å². The summed E-state index contributed by atoms with van der Waals surface area (Å²) < 4.78 is 0. The van der Waals surface area contributed by atoms with Gasteiger partial charge >= 0.3 is 0 Å². The van der Waals surface area contributed by atoms with Gasteiger partial charge in [0.15, 0.2) is 0 Å². The van der Waals surface area contributed by atoms with Crippen LogP contribution in [0.1, 0.15) is 56.6 Å². The van der Waals surface area contributed by atoms with E-state index in [1.54, 1.807) is 0 Å². The van der Waals surface area contributed by atoms with Crippen molar-refractivity contribution in [2.45, 2.75) is 65.5 Å². The number of anilines is 1. The predicted octanol–water partition coefficient (Wildman–Crippen LogP) is 5.52. The van der Waals surface area contributed by atoms with E-state index in [0.717, 1.165) is 29.7 Å². The van der Waals surface area contributed by atoms with Crippen LogP contribution in [0.25, 0.3) is 0 Å². The van der Waals surface area contributed by atoms with Gasteiger partial charge in [-0.05, 0) is 74.1 Å². The first-order valence-corrected chi connectivity index (χ1v) is 9.98. The van der Waals surface area contributed by atoms with Crippen LogP contribution in [0.5, 0.6) is 0 Å². The van der Waals surface area contributed by atoms with Crippen molar-refractivity contribution in [3.05, 3.63) is 46.5 Å². The van der Waals surface area contributed by atoms with E-state index in [1.807, 2.05) is 19.2 Å². The van der Waals surface area contributed by atoms with Crippen molar-refractivity contribution in [1.82, 2.24) is 9.97 Å². The molecule has 5 rings (SSSR count). The van der Waals surface area contributed by atoms with E-state index in [2.05, 4.69) is 40.8 Å². The molecule has 0 aliphatic heterocycles. The molecule has 2 bridgehead atoms. The fourth-order valence-corrected chi connectivity index (χ4v) is 5.35. The Morgan fingerprint density at radius 1 is 1.32 bits per heavy atom. The van der Waals surface area contributed by atoms with Crippen LogP contribution in [-0.2, 0) is 13.0 Å². The molecule has 1 N–H and O–H groups in total. The zero-order valence-corrected chi connectivity index (χ0v) is 16.2. The molecule has 1 heterocycles. The number of aromatic amines is 1. The normalized spacial score (nSPS) is 25.2. The first-order chi connectivity index (χ1) is 12.0. The maximum atomic E-state index is 6.28. The van der Waals surface area contributed by atoms with Crippen molar-refractivity contribution in [2.75, 3.05) is 4.90 Å². The van der Waals surface area contributed by atoms with Crippen LogP contribution in [0.2, 0.25) is 5.02 Å². The van der Waals surface area contributed by atoms with Crippen LogP contribution in [0, 0.1) is 18.3 Å². The molecule has 3 saturated carbocycles. The van der Waals surface area contributed by atoms with Gasteiger partial charge in [0.1, 0.15) is 5.82 Å². The fourth-order valence-electron chi connectivity index (χ4n) is 5.15. The van der Waals surface area contributed by atoms with Crippen molar-refractivity contribution in [3.63, 3.8) is 0 Å². The summed E-state index contributed by atoms with van der Waals surface area (Å²) in [6.45, 7) is 7.47. The molecule has 3 aliphatic rings. The number of hydrogen-bond acceptors (Lipinski definition) is 2. The summed E-state index contributed by atoms with van der Waals surface area (Å²) in [7, 11) is 0. The molecule has 1 aromatic heterocycles. The summed E-state index contributed by atoms with van der Waals surface area (Å²) in [6, 6.07) is 6.98. The number of hydrogen-bond donors (Lipinski definition) is 1. The minimum Gasteiger partial charge on any atom is -0.362 e. The Kier molecular flexibility index (Phi) is 4.31. The van der Waals surface area contributed by atoms with Gasteiger partial charge in [0.25, 0.3) is 0 Å². The number of imidazole rings is 1. The molecule has 3 fully saturated rings. The molecular formula is C21H28ClN3. The molecular weight excluding hydrogens is 330 g/mol. The monoisotopic (exact) mass is 357 g/mol. The number of halogens is 1. The summed E-state index contributed by atoms with van der Waals surface area (Å²) in [5.74, 6) is 1.99. The molecule has 1 aromatic carbocycles. The van der Waals surface area contributed by atoms with Gasteiger partial charge < -0.3 is 9.88 Å². The van der Waals surface area contributed by atoms with Gasteiger partial charge in [-0.25, -0.2) is 4.98 Å². The summed E-state index contributed by atoms with van der Waals surface area (Å²) in [5.41, 5.74) is 4.42. The summed E-state index contributed by atoms with van der Waals surface area (Å²) >= 11 is 6.28. The smallest absolute Gasteiger partial charge is 0.103 e. The molecule has 2 aromatic rings. The van der Waals surface area contributed by atoms with E-state index in [1.165, 1.54) is 42.6 Å². The molecule has 1 atom stereocenters. The van der Waals surface area contributed by atoms with E-state index in [4.69, 9.17) is 11.6 Å². The third-order valence-corrected chi connectivity index (χ3v) is 6.62. The van der Waals surface area contributed by atoms with Crippen molar-refractivity contribution in [1.29, 1.82) is 0 Å². The van der Waals surface area contributed by atoms with Gasteiger partial charge in [-0.3, -0.25) is 0 Å². The second kappa shape index (κ2) is 6.35. The average molecular weight is 358 g/mol. The third kappa shape index (κ3) is 2.87. The molecule has 3 nitrogen and oxygen atoms in total. The number of nitrogens with zero attached hydrogens (tertiary/aromatic N) is 2. The lowest BCUT2D eigenvalue weighted by Gasteiger charge is -2.67. The van der Waals surface area contributed by atoms with Crippen LogP contribution in [0.4, 0.5) is 5.69 Å². The fraction of sp³-hybridized carbons (Fsp3) is 0.571. The standard InChI is InChI=1S/C21H28ClN3/c1-4-16-8-17(22)6-7-19(16)25(13-18-12-23-14(3)24-18)20(5-2)21-9-15(10-21)11-21/h6-8,12,15,20H,4-5,9-11,13H2,1-3H3,(H,23,24). The van der Waals surface area contributed by atoms with Gasteiger partial charge in [-0.2, -0.15) is 0 Å². The highest BCUT2D eigenvalue weighted by Crippen LogP contribution is 2.67. The van der Waals surface area contributed by atoms with E-state index >= 15 is 0 Å². The number of benzene rings is 1. The summed E-state index contributed by atoms with van der Waals surface area (Å²) in [5, 5.41) is 0.830. The van der Waals surface area contributed by atoms with E-state index < -0.39 is 0 Å². The van der Waals surface area contributed by atoms with Crippen LogP contribution < -0.4 is 4.90 Å². The molecule has 134 valence electrons. The first-order valence-electron chi connectivity index (χ1n) is 9.60. The zero-order valence-electron chi connectivity index (χ0n) is 15.5. The van der Waals surface area contributed by atoms with Crippen molar-refractivity contribution >= 4 is 17.3 Å². The largest absolute Gasteiger partial charge is 0.362 e. The summed E-state index contributed by atoms with van der Waals surface area (Å²) in [6.07, 6.45) is 8.42. The highest BCUT2D eigenvalue weighted by Gasteiger charge is 2.61. The van der Waals surface area contributed by atoms with Gasteiger partial charge in [-0.15, -0.1) is 0 Å². The van der Waals surface area contributed by atoms with Crippen LogP contribution in [-0.4, -0.2) is 16.0 Å². The highest BCUT2D eigenvalue weighted by atomic mass is 35.5. The average Bonchev–Trinajstić information content (AvgIpc) is 2.92. The van der Waals surface area contributed by atoms with Crippen LogP contribution in [0.15, 0.2) is 24.4 Å². The predicted molar refractivity (Wildman–Crippen MR) is 104 cm³/mol. The van der Waals surface area contributed by atoms with Crippen molar-refractivity contribution in [2.24, 2.45) is 11.3 Å². The third-order valence-electron chi connectivity index (χ3n) is 6.38. The van der Waals surface area contributed by atoms with Gasteiger partial charge in [0, 0.05) is 16.8 Å². The Morgan fingerprint density at radius 2 is 2.08 bits per heavy atom. The maximum Gasteiger partial charge on any atom is 0.103 e. The zero-order chi connectivity index (χ0) is 17.6. The maximum absolute atomic E-state index is 6.28. The van der Waals surface area contributed by atoms with E-state index in [-0.39, 0.29) is 0 Å². The lowest BCUT2D eigenvalue weighted by molar-refractivity contribution is -0.127. The van der Waals surface area contributed by atoms with Gasteiger partial charge in [0.05, 0.1) is 18.4 Å². The number of aromatic nitrogens is 2. The first kappa shape index (κ1) is 17.0. The molecule has 0 saturated heterocycles. The number of rotatable bonds is 7. The number of aryl methyl sites for hydroxylation is 2. The quantitative estimate of drug-likeness (QED) is 0.707. The molecule has 25 heavy (non-hydrogen) atoms. The second-order valence-corrected chi connectivity index (χ2v) is 8.45. The molecule has 4 heteroatoms. The summed E-state index contributed by atoms with van der Waals surface area (Å²) in [4.78, 5) is 10.5. The van der Waals surface area contributed by atoms with E-state index in [9.17, 15) is 0 Å². The minimum absolute atomic E-state index is 0.541. The van der Waals surface area contributed by atoms with Crippen LogP contribution >= 0.6 is 11.6 Å². The second-order valence-electron chi connectivity index (χ2n) is 8.01. The Bertz CT molecular complexity index is 749. The molecule has 0 radical (unpaired) electrons. The number of nitrogens with one attached hydrogen (secondary N) is 1. The lowest BCUT2D eigenvalue weighted by Crippen LogP contribution is -2.63. The topological polar surface area (TPSA) is 31.9 Å². The highest BCUT2D eigenvalue weighted by molar-refractivity contribution is 6.30. The Morgan fingerprint density at radius 3 is 2.60 bits per heavy atom. The lowest BCUT2D eigenvalue weighted by atomic mass is 9.41. The van der Waals surface area contributed by atoms with Gasteiger partial charge in [-0.1, -0.05) is 25.4 Å². The molecule has 0 amide bonds. The van der Waals surface area contributed by atoms with Gasteiger partial charge in [0.2, 0.25) is 0 Å². The SMILES string of the molecule is CCc1cc(Cl)ccc1N(Cc1cnc(C)[nH]1)C(CC)C12CC(C1)C2. The Balaban J connectivity index is 1.72. The Hall–Kier alpha value is -1.48. The molecule has 1 unspecified atom stereocenters. The van der Waals surface area contributed by atoms with E-state index in [0.29, 0.717) is 11.5 Å². The minimum atomic E-state index is 0.541. The molecule has 3 aliphatic carbocycles. The Labute approximate surface area is 155 Å². The number of H-pyrrole nitrogens is 1. The van der Waals surface area contributed by atoms with Crippen molar-refractivity contribution in [3.8, 4) is 0 Å².